The molecule has 0 atom stereocenters. The molecule has 0 amide bonds. The molecular formula is C19H33NO4. The van der Waals surface area contributed by atoms with Gasteiger partial charge in [-0.15, -0.1) is 0 Å². The quantitative estimate of drug-likeness (QED) is 0.496. The van der Waals surface area contributed by atoms with Crippen LogP contribution in [0.3, 0.4) is 0 Å². The van der Waals surface area contributed by atoms with Gasteiger partial charge in [0, 0.05) is 32.4 Å². The summed E-state index contributed by atoms with van der Waals surface area (Å²) in [7, 11) is 3.34. The molecule has 0 heterocycles. The standard InChI is InChI=1S/C19H33NO4/c1-4-5-6-7-10-20-16-17-8-9-18(23-13-11-21-2)15-19(17)24-14-12-22-3/h8-9,15,20H,4-7,10-14,16H2,1-3H3. The Morgan fingerprint density at radius 2 is 1.62 bits per heavy atom. The molecule has 138 valence electrons. The molecule has 1 rings (SSSR count). The fraction of sp³-hybridized carbons (Fsp3) is 0.684. The van der Waals surface area contributed by atoms with Crippen molar-refractivity contribution in [1.29, 1.82) is 0 Å². The molecule has 1 aromatic carbocycles. The Labute approximate surface area is 146 Å². The molecule has 0 unspecified atom stereocenters. The van der Waals surface area contributed by atoms with Crippen LogP contribution in [0.2, 0.25) is 0 Å². The van der Waals surface area contributed by atoms with Gasteiger partial charge in [0.1, 0.15) is 24.7 Å². The summed E-state index contributed by atoms with van der Waals surface area (Å²) in [5.74, 6) is 1.65. The third kappa shape index (κ3) is 9.11. The summed E-state index contributed by atoms with van der Waals surface area (Å²) in [4.78, 5) is 0. The summed E-state index contributed by atoms with van der Waals surface area (Å²) in [5.41, 5.74) is 1.14. The minimum atomic E-state index is 0.529. The summed E-state index contributed by atoms with van der Waals surface area (Å²) < 4.78 is 21.6. The van der Waals surface area contributed by atoms with Gasteiger partial charge in [-0.2, -0.15) is 0 Å². The zero-order valence-corrected chi connectivity index (χ0v) is 15.4. The van der Waals surface area contributed by atoms with E-state index in [-0.39, 0.29) is 0 Å². The van der Waals surface area contributed by atoms with Crippen molar-refractivity contribution in [2.24, 2.45) is 0 Å². The zero-order valence-electron chi connectivity index (χ0n) is 15.4. The van der Waals surface area contributed by atoms with Crippen LogP contribution < -0.4 is 14.8 Å². The van der Waals surface area contributed by atoms with Gasteiger partial charge in [0.25, 0.3) is 0 Å². The van der Waals surface area contributed by atoms with Gasteiger partial charge < -0.3 is 24.3 Å². The van der Waals surface area contributed by atoms with Crippen LogP contribution in [0.15, 0.2) is 18.2 Å². The van der Waals surface area contributed by atoms with Crippen LogP contribution in [-0.4, -0.2) is 47.2 Å². The van der Waals surface area contributed by atoms with E-state index in [9.17, 15) is 0 Å². The molecule has 0 fully saturated rings. The van der Waals surface area contributed by atoms with Gasteiger partial charge in [-0.3, -0.25) is 0 Å². The molecule has 0 aliphatic carbocycles. The van der Waals surface area contributed by atoms with Gasteiger partial charge in [-0.05, 0) is 19.0 Å². The van der Waals surface area contributed by atoms with Crippen LogP contribution >= 0.6 is 0 Å². The first-order valence-corrected chi connectivity index (χ1v) is 8.89. The van der Waals surface area contributed by atoms with E-state index in [2.05, 4.69) is 18.3 Å². The lowest BCUT2D eigenvalue weighted by molar-refractivity contribution is 0.142. The molecule has 0 aliphatic rings. The lowest BCUT2D eigenvalue weighted by Gasteiger charge is -2.14. The number of nitrogens with one attached hydrogen (secondary N) is 1. The normalized spacial score (nSPS) is 10.8. The summed E-state index contributed by atoms with van der Waals surface area (Å²) in [6, 6.07) is 5.98. The Hall–Kier alpha value is -1.30. The molecule has 0 bridgehead atoms. The van der Waals surface area contributed by atoms with E-state index in [1.807, 2.05) is 12.1 Å². The van der Waals surface area contributed by atoms with Crippen molar-refractivity contribution in [3.05, 3.63) is 23.8 Å². The first-order chi connectivity index (χ1) is 11.8. The maximum atomic E-state index is 5.84. The molecule has 1 aromatic rings. The summed E-state index contributed by atoms with van der Waals surface area (Å²) in [6.07, 6.45) is 5.07. The van der Waals surface area contributed by atoms with E-state index < -0.39 is 0 Å². The molecule has 0 radical (unpaired) electrons. The fourth-order valence-corrected chi connectivity index (χ4v) is 2.28. The van der Waals surface area contributed by atoms with Crippen LogP contribution in [0.5, 0.6) is 11.5 Å². The van der Waals surface area contributed by atoms with Gasteiger partial charge in [-0.25, -0.2) is 0 Å². The van der Waals surface area contributed by atoms with E-state index in [0.717, 1.165) is 30.2 Å². The van der Waals surface area contributed by atoms with Gasteiger partial charge in [0.05, 0.1) is 13.2 Å². The van der Waals surface area contributed by atoms with Gasteiger partial charge in [0.2, 0.25) is 0 Å². The highest BCUT2D eigenvalue weighted by Crippen LogP contribution is 2.25. The van der Waals surface area contributed by atoms with Crippen molar-refractivity contribution in [3.8, 4) is 11.5 Å². The highest BCUT2D eigenvalue weighted by molar-refractivity contribution is 5.40. The number of unbranched alkanes of at least 4 members (excludes halogenated alkanes) is 3. The fourth-order valence-electron chi connectivity index (χ4n) is 2.28. The van der Waals surface area contributed by atoms with E-state index in [0.29, 0.717) is 26.4 Å². The number of methoxy groups -OCH3 is 2. The lowest BCUT2D eigenvalue weighted by Crippen LogP contribution is -2.16. The lowest BCUT2D eigenvalue weighted by atomic mass is 10.1. The number of hydrogen-bond acceptors (Lipinski definition) is 5. The van der Waals surface area contributed by atoms with E-state index in [4.69, 9.17) is 18.9 Å². The van der Waals surface area contributed by atoms with Crippen LogP contribution in [0.25, 0.3) is 0 Å². The highest BCUT2D eigenvalue weighted by atomic mass is 16.5. The average Bonchev–Trinajstić information content (AvgIpc) is 2.60. The second-order valence-electron chi connectivity index (χ2n) is 5.69. The van der Waals surface area contributed by atoms with Gasteiger partial charge in [0.15, 0.2) is 0 Å². The zero-order chi connectivity index (χ0) is 17.5. The first-order valence-electron chi connectivity index (χ1n) is 8.89. The molecular weight excluding hydrogens is 306 g/mol. The monoisotopic (exact) mass is 339 g/mol. The largest absolute Gasteiger partial charge is 0.491 e. The van der Waals surface area contributed by atoms with Crippen molar-refractivity contribution in [2.45, 2.75) is 39.2 Å². The van der Waals surface area contributed by atoms with Crippen molar-refractivity contribution in [3.63, 3.8) is 0 Å². The number of benzene rings is 1. The van der Waals surface area contributed by atoms with Crippen LogP contribution in [0, 0.1) is 0 Å². The maximum absolute atomic E-state index is 5.84. The Balaban J connectivity index is 2.52. The predicted octanol–water partition coefficient (Wildman–Crippen LogP) is 3.41. The molecule has 1 N–H and O–H groups in total. The second-order valence-corrected chi connectivity index (χ2v) is 5.69. The third-order valence-corrected chi connectivity index (χ3v) is 3.66. The van der Waals surface area contributed by atoms with E-state index in [1.54, 1.807) is 14.2 Å². The number of hydrogen-bond donors (Lipinski definition) is 1. The molecule has 0 spiro atoms. The van der Waals surface area contributed by atoms with Crippen LogP contribution in [-0.2, 0) is 16.0 Å². The van der Waals surface area contributed by atoms with Crippen LogP contribution in [0.4, 0.5) is 0 Å². The third-order valence-electron chi connectivity index (χ3n) is 3.66. The Morgan fingerprint density at radius 3 is 2.33 bits per heavy atom. The van der Waals surface area contributed by atoms with Gasteiger partial charge >= 0.3 is 0 Å². The van der Waals surface area contributed by atoms with Crippen molar-refractivity contribution in [1.82, 2.24) is 5.32 Å². The Bertz CT molecular complexity index is 426. The molecule has 0 aromatic heterocycles. The Morgan fingerprint density at radius 1 is 0.875 bits per heavy atom. The average molecular weight is 339 g/mol. The van der Waals surface area contributed by atoms with Crippen molar-refractivity contribution in [2.75, 3.05) is 47.2 Å². The summed E-state index contributed by atoms with van der Waals surface area (Å²) in [5, 5.41) is 3.49. The SMILES string of the molecule is CCCCCCNCc1ccc(OCCOC)cc1OCCOC. The topological polar surface area (TPSA) is 49.0 Å². The number of rotatable bonds is 15. The molecule has 0 saturated carbocycles. The maximum Gasteiger partial charge on any atom is 0.127 e. The minimum absolute atomic E-state index is 0.529. The predicted molar refractivity (Wildman–Crippen MR) is 97.0 cm³/mol. The van der Waals surface area contributed by atoms with Crippen molar-refractivity contribution < 1.29 is 18.9 Å². The molecule has 5 nitrogen and oxygen atoms in total. The minimum Gasteiger partial charge on any atom is -0.491 e. The molecule has 0 saturated heterocycles. The highest BCUT2D eigenvalue weighted by Gasteiger charge is 2.06. The van der Waals surface area contributed by atoms with Gasteiger partial charge in [-0.1, -0.05) is 32.3 Å². The summed E-state index contributed by atoms with van der Waals surface area (Å²) in [6.45, 7) is 6.26. The van der Waals surface area contributed by atoms with Crippen LogP contribution in [0.1, 0.15) is 38.2 Å². The smallest absolute Gasteiger partial charge is 0.127 e. The summed E-state index contributed by atoms with van der Waals surface area (Å²) >= 11 is 0. The molecule has 0 aliphatic heterocycles. The first kappa shape index (κ1) is 20.7. The van der Waals surface area contributed by atoms with E-state index >= 15 is 0 Å². The van der Waals surface area contributed by atoms with Crippen molar-refractivity contribution >= 4 is 0 Å². The van der Waals surface area contributed by atoms with E-state index in [1.165, 1.54) is 25.7 Å². The molecule has 5 heteroatoms. The second kappa shape index (κ2) is 14.1. The molecule has 24 heavy (non-hydrogen) atoms. The Kier molecular flexibility index (Phi) is 12.2. The number of ether oxygens (including phenoxy) is 4.